The molecule has 0 N–H and O–H groups in total. The van der Waals surface area contributed by atoms with Gasteiger partial charge in [-0.05, 0) is 37.6 Å². The first-order valence-electron chi connectivity index (χ1n) is 8.82. The number of hydrogen-bond acceptors (Lipinski definition) is 2. The van der Waals surface area contributed by atoms with Crippen LogP contribution in [0.15, 0.2) is 60.7 Å². The molecule has 1 aliphatic heterocycles. The second-order valence-corrected chi connectivity index (χ2v) is 6.56. The SMILES string of the molecule is CN(Cc1ccccc1)[C@@H]1CCCN(C(=O)C#Cc2ccccc2)C1. The summed E-state index contributed by atoms with van der Waals surface area (Å²) in [5.41, 5.74) is 2.18. The van der Waals surface area contributed by atoms with Gasteiger partial charge in [0.1, 0.15) is 0 Å². The molecule has 0 bridgehead atoms. The van der Waals surface area contributed by atoms with Crippen LogP contribution in [0.1, 0.15) is 24.0 Å². The Bertz CT molecular complexity index is 746. The molecule has 0 saturated carbocycles. The summed E-state index contributed by atoms with van der Waals surface area (Å²) in [5, 5.41) is 0. The van der Waals surface area contributed by atoms with E-state index in [-0.39, 0.29) is 5.91 Å². The lowest BCUT2D eigenvalue weighted by Crippen LogP contribution is -2.48. The van der Waals surface area contributed by atoms with Crippen molar-refractivity contribution >= 4 is 5.91 Å². The van der Waals surface area contributed by atoms with Crippen molar-refractivity contribution in [1.29, 1.82) is 0 Å². The maximum atomic E-state index is 12.4. The summed E-state index contributed by atoms with van der Waals surface area (Å²) < 4.78 is 0. The molecule has 1 aliphatic rings. The Hall–Kier alpha value is -2.57. The molecule has 0 aliphatic carbocycles. The van der Waals surface area contributed by atoms with Crippen molar-refractivity contribution in [1.82, 2.24) is 9.80 Å². The van der Waals surface area contributed by atoms with Crippen LogP contribution >= 0.6 is 0 Å². The number of amides is 1. The van der Waals surface area contributed by atoms with Gasteiger partial charge in [-0.15, -0.1) is 0 Å². The lowest BCUT2D eigenvalue weighted by atomic mass is 10.0. The summed E-state index contributed by atoms with van der Waals surface area (Å²) in [6.07, 6.45) is 2.15. The highest BCUT2D eigenvalue weighted by Gasteiger charge is 2.25. The van der Waals surface area contributed by atoms with Gasteiger partial charge in [0.05, 0.1) is 0 Å². The van der Waals surface area contributed by atoms with Crippen LogP contribution in [0.4, 0.5) is 0 Å². The maximum Gasteiger partial charge on any atom is 0.298 e. The first-order chi connectivity index (χ1) is 12.2. The predicted molar refractivity (Wildman–Crippen MR) is 101 cm³/mol. The fourth-order valence-corrected chi connectivity index (χ4v) is 3.23. The smallest absolute Gasteiger partial charge is 0.298 e. The fraction of sp³-hybridized carbons (Fsp3) is 0.318. The van der Waals surface area contributed by atoms with Gasteiger partial charge in [0.25, 0.3) is 5.91 Å². The molecule has 2 aromatic rings. The quantitative estimate of drug-likeness (QED) is 0.806. The average Bonchev–Trinajstić information content (AvgIpc) is 2.68. The third-order valence-electron chi connectivity index (χ3n) is 4.67. The van der Waals surface area contributed by atoms with Gasteiger partial charge in [0.15, 0.2) is 0 Å². The number of likely N-dealkylation sites (tertiary alicyclic amines) is 1. The van der Waals surface area contributed by atoms with Crippen molar-refractivity contribution in [3.8, 4) is 11.8 Å². The highest BCUT2D eigenvalue weighted by atomic mass is 16.2. The molecule has 2 aromatic carbocycles. The number of hydrogen-bond donors (Lipinski definition) is 0. The molecular formula is C22H24N2O. The monoisotopic (exact) mass is 332 g/mol. The topological polar surface area (TPSA) is 23.6 Å². The van der Waals surface area contributed by atoms with E-state index < -0.39 is 0 Å². The molecule has 1 saturated heterocycles. The third-order valence-corrected chi connectivity index (χ3v) is 4.67. The van der Waals surface area contributed by atoms with E-state index in [1.54, 1.807) is 0 Å². The number of likely N-dealkylation sites (N-methyl/N-ethyl adjacent to an activating group) is 1. The van der Waals surface area contributed by atoms with Gasteiger partial charge in [0, 0.05) is 37.2 Å². The summed E-state index contributed by atoms with van der Waals surface area (Å²) in [6.45, 7) is 2.47. The first kappa shape index (κ1) is 17.3. The molecule has 25 heavy (non-hydrogen) atoms. The van der Waals surface area contributed by atoms with Crippen molar-refractivity contribution in [2.75, 3.05) is 20.1 Å². The van der Waals surface area contributed by atoms with Crippen LogP contribution in [0.5, 0.6) is 0 Å². The van der Waals surface area contributed by atoms with E-state index >= 15 is 0 Å². The van der Waals surface area contributed by atoms with Gasteiger partial charge in [-0.1, -0.05) is 54.5 Å². The molecular weight excluding hydrogens is 308 g/mol. The van der Waals surface area contributed by atoms with E-state index in [9.17, 15) is 4.79 Å². The van der Waals surface area contributed by atoms with Crippen LogP contribution in [-0.2, 0) is 11.3 Å². The molecule has 0 unspecified atom stereocenters. The average molecular weight is 332 g/mol. The highest BCUT2D eigenvalue weighted by molar-refractivity contribution is 5.94. The molecule has 1 amide bonds. The molecule has 1 heterocycles. The van der Waals surface area contributed by atoms with Gasteiger partial charge in [-0.3, -0.25) is 9.69 Å². The predicted octanol–water partition coefficient (Wildman–Crippen LogP) is 3.16. The zero-order chi connectivity index (χ0) is 17.5. The molecule has 128 valence electrons. The Morgan fingerprint density at radius 1 is 1.12 bits per heavy atom. The largest absolute Gasteiger partial charge is 0.330 e. The summed E-state index contributed by atoms with van der Waals surface area (Å²) in [4.78, 5) is 16.7. The van der Waals surface area contributed by atoms with E-state index in [1.807, 2.05) is 41.3 Å². The van der Waals surface area contributed by atoms with E-state index in [2.05, 4.69) is 48.1 Å². The Morgan fingerprint density at radius 2 is 1.80 bits per heavy atom. The normalized spacial score (nSPS) is 17.0. The second-order valence-electron chi connectivity index (χ2n) is 6.56. The number of benzene rings is 2. The van der Waals surface area contributed by atoms with Gasteiger partial charge in [0.2, 0.25) is 0 Å². The minimum Gasteiger partial charge on any atom is -0.330 e. The molecule has 0 radical (unpaired) electrons. The van der Waals surface area contributed by atoms with Crippen LogP contribution in [0, 0.1) is 11.8 Å². The van der Waals surface area contributed by atoms with E-state index in [0.29, 0.717) is 6.04 Å². The number of carbonyl (C=O) groups is 1. The van der Waals surface area contributed by atoms with Crippen molar-refractivity contribution in [3.05, 3.63) is 71.8 Å². The summed E-state index contributed by atoms with van der Waals surface area (Å²) in [7, 11) is 2.14. The van der Waals surface area contributed by atoms with Crippen molar-refractivity contribution in [2.45, 2.75) is 25.4 Å². The number of piperidine rings is 1. The van der Waals surface area contributed by atoms with E-state index in [1.165, 1.54) is 5.56 Å². The zero-order valence-corrected chi connectivity index (χ0v) is 14.7. The van der Waals surface area contributed by atoms with Crippen molar-refractivity contribution < 1.29 is 4.79 Å². The van der Waals surface area contributed by atoms with Crippen LogP contribution in [0.2, 0.25) is 0 Å². The fourth-order valence-electron chi connectivity index (χ4n) is 3.23. The summed E-state index contributed by atoms with van der Waals surface area (Å²) >= 11 is 0. The highest BCUT2D eigenvalue weighted by Crippen LogP contribution is 2.17. The van der Waals surface area contributed by atoms with Crippen LogP contribution < -0.4 is 0 Å². The van der Waals surface area contributed by atoms with Crippen molar-refractivity contribution in [2.24, 2.45) is 0 Å². The van der Waals surface area contributed by atoms with Crippen molar-refractivity contribution in [3.63, 3.8) is 0 Å². The Morgan fingerprint density at radius 3 is 2.52 bits per heavy atom. The minimum absolute atomic E-state index is 0.0679. The Kier molecular flexibility index (Phi) is 5.87. The van der Waals surface area contributed by atoms with Gasteiger partial charge in [-0.2, -0.15) is 0 Å². The summed E-state index contributed by atoms with van der Waals surface area (Å²) in [5.74, 6) is 5.70. The lowest BCUT2D eigenvalue weighted by Gasteiger charge is -2.37. The van der Waals surface area contributed by atoms with E-state index in [4.69, 9.17) is 0 Å². The first-order valence-corrected chi connectivity index (χ1v) is 8.82. The van der Waals surface area contributed by atoms with Gasteiger partial charge >= 0.3 is 0 Å². The molecule has 1 fully saturated rings. The van der Waals surface area contributed by atoms with Crippen LogP contribution in [0.3, 0.4) is 0 Å². The molecule has 0 spiro atoms. The zero-order valence-electron chi connectivity index (χ0n) is 14.7. The third kappa shape index (κ3) is 4.95. The van der Waals surface area contributed by atoms with Gasteiger partial charge < -0.3 is 4.90 Å². The standard InChI is InChI=1S/C22H24N2O/c1-23(17-20-11-6-3-7-12-20)21-13-8-16-24(18-21)22(25)15-14-19-9-4-2-5-10-19/h2-7,9-12,21H,8,13,16-18H2,1H3/t21-/m1/s1. The molecule has 0 aromatic heterocycles. The molecule has 1 atom stereocenters. The Labute approximate surface area is 150 Å². The molecule has 3 rings (SSSR count). The maximum absolute atomic E-state index is 12.4. The van der Waals surface area contributed by atoms with Crippen LogP contribution in [-0.4, -0.2) is 41.9 Å². The molecule has 3 heteroatoms. The van der Waals surface area contributed by atoms with Crippen LogP contribution in [0.25, 0.3) is 0 Å². The second kappa shape index (κ2) is 8.50. The minimum atomic E-state index is -0.0679. The number of rotatable bonds is 3. The number of nitrogens with zero attached hydrogens (tertiary/aromatic N) is 2. The Balaban J connectivity index is 1.59. The van der Waals surface area contributed by atoms with Gasteiger partial charge in [-0.25, -0.2) is 0 Å². The van der Waals surface area contributed by atoms with E-state index in [0.717, 1.165) is 38.0 Å². The summed E-state index contributed by atoms with van der Waals surface area (Å²) in [6, 6.07) is 20.5. The number of carbonyl (C=O) groups excluding carboxylic acids is 1. The lowest BCUT2D eigenvalue weighted by molar-refractivity contribution is -0.127. The molecule has 3 nitrogen and oxygen atoms in total.